The predicted octanol–water partition coefficient (Wildman–Crippen LogP) is 2.23. The highest BCUT2D eigenvalue weighted by Gasteiger charge is 2.08. The largest absolute Gasteiger partial charge is 0.466 e. The van der Waals surface area contributed by atoms with Crippen molar-refractivity contribution in [1.82, 2.24) is 0 Å². The van der Waals surface area contributed by atoms with Gasteiger partial charge in [0.1, 0.15) is 5.75 Å². The van der Waals surface area contributed by atoms with Gasteiger partial charge in [0.25, 0.3) is 0 Å². The van der Waals surface area contributed by atoms with Crippen molar-refractivity contribution in [3.05, 3.63) is 27.7 Å². The summed E-state index contributed by atoms with van der Waals surface area (Å²) in [6.07, 6.45) is 0. The highest BCUT2D eigenvalue weighted by molar-refractivity contribution is 9.10. The molecule has 0 fully saturated rings. The van der Waals surface area contributed by atoms with Crippen LogP contribution in [-0.4, -0.2) is 19.0 Å². The lowest BCUT2D eigenvalue weighted by molar-refractivity contribution is 0.0504. The van der Waals surface area contributed by atoms with Crippen molar-refractivity contribution in [2.24, 2.45) is 0 Å². The Morgan fingerprint density at radius 3 is 2.71 bits per heavy atom. The molecule has 0 saturated carbocycles. The van der Waals surface area contributed by atoms with Gasteiger partial charge in [0.15, 0.2) is 6.79 Å². The average molecular weight is 261 g/mol. The predicted molar refractivity (Wildman–Crippen MR) is 57.3 cm³/mol. The van der Waals surface area contributed by atoms with Gasteiger partial charge in [0.2, 0.25) is 0 Å². The Hall–Kier alpha value is -0.580. The van der Waals surface area contributed by atoms with E-state index >= 15 is 0 Å². The van der Waals surface area contributed by atoms with E-state index in [9.17, 15) is 0 Å². The van der Waals surface area contributed by atoms with Gasteiger partial charge in [-0.1, -0.05) is 6.07 Å². The van der Waals surface area contributed by atoms with Gasteiger partial charge in [0, 0.05) is 7.11 Å². The fourth-order valence-corrected chi connectivity index (χ4v) is 1.81. The van der Waals surface area contributed by atoms with E-state index in [2.05, 4.69) is 15.9 Å². The van der Waals surface area contributed by atoms with Gasteiger partial charge in [0.05, 0.1) is 11.1 Å². The van der Waals surface area contributed by atoms with E-state index in [1.54, 1.807) is 7.11 Å². The molecule has 78 valence electrons. The maximum atomic E-state index is 9.13. The molecule has 1 aromatic rings. The lowest BCUT2D eigenvalue weighted by Crippen LogP contribution is -2.01. The molecule has 0 amide bonds. The summed E-state index contributed by atoms with van der Waals surface area (Å²) in [4.78, 5) is 0. The number of halogens is 1. The Balaban J connectivity index is 2.96. The second-order valence-corrected chi connectivity index (χ2v) is 3.68. The van der Waals surface area contributed by atoms with E-state index in [1.165, 1.54) is 0 Å². The van der Waals surface area contributed by atoms with Crippen LogP contribution in [0.15, 0.2) is 16.6 Å². The topological polar surface area (TPSA) is 38.7 Å². The molecule has 14 heavy (non-hydrogen) atoms. The van der Waals surface area contributed by atoms with Gasteiger partial charge in [-0.3, -0.25) is 0 Å². The Morgan fingerprint density at radius 1 is 1.43 bits per heavy atom. The van der Waals surface area contributed by atoms with Crippen molar-refractivity contribution in [2.45, 2.75) is 13.5 Å². The fourth-order valence-electron chi connectivity index (χ4n) is 1.12. The van der Waals surface area contributed by atoms with E-state index in [4.69, 9.17) is 14.6 Å². The summed E-state index contributed by atoms with van der Waals surface area (Å²) in [6.45, 7) is 2.14. The quantitative estimate of drug-likeness (QED) is 0.845. The number of benzene rings is 1. The molecule has 0 spiro atoms. The van der Waals surface area contributed by atoms with Crippen LogP contribution in [0.5, 0.6) is 5.75 Å². The summed E-state index contributed by atoms with van der Waals surface area (Å²) in [5.74, 6) is 0.682. The first kappa shape index (κ1) is 11.5. The molecule has 0 unspecified atom stereocenters. The second-order valence-electron chi connectivity index (χ2n) is 2.88. The van der Waals surface area contributed by atoms with Crippen LogP contribution >= 0.6 is 15.9 Å². The van der Waals surface area contributed by atoms with Gasteiger partial charge in [-0.2, -0.15) is 0 Å². The molecule has 0 aromatic heterocycles. The van der Waals surface area contributed by atoms with E-state index in [0.717, 1.165) is 15.6 Å². The molecule has 0 saturated heterocycles. The number of aryl methyl sites for hydroxylation is 1. The van der Waals surface area contributed by atoms with Gasteiger partial charge in [-0.25, -0.2) is 0 Å². The molecule has 1 rings (SSSR count). The molecule has 0 aliphatic carbocycles. The molecule has 0 radical (unpaired) electrons. The molecular formula is C10H13BrO3. The zero-order chi connectivity index (χ0) is 10.6. The molecule has 1 aromatic carbocycles. The van der Waals surface area contributed by atoms with Crippen molar-refractivity contribution in [2.75, 3.05) is 13.9 Å². The lowest BCUT2D eigenvalue weighted by Gasteiger charge is -2.11. The number of aliphatic hydroxyl groups is 1. The standard InChI is InChI=1S/C10H13BrO3/c1-7-3-4-9(14-6-13-2)10(11)8(7)5-12/h3-4,12H,5-6H2,1-2H3. The van der Waals surface area contributed by atoms with Crippen LogP contribution in [0.2, 0.25) is 0 Å². The zero-order valence-corrected chi connectivity index (χ0v) is 9.80. The van der Waals surface area contributed by atoms with Crippen LogP contribution in [0.3, 0.4) is 0 Å². The third kappa shape index (κ3) is 2.47. The minimum Gasteiger partial charge on any atom is -0.466 e. The molecule has 4 heteroatoms. The van der Waals surface area contributed by atoms with E-state index in [-0.39, 0.29) is 13.4 Å². The third-order valence-electron chi connectivity index (χ3n) is 1.93. The number of aliphatic hydroxyl groups excluding tert-OH is 1. The Morgan fingerprint density at radius 2 is 2.14 bits per heavy atom. The summed E-state index contributed by atoms with van der Waals surface area (Å²) >= 11 is 3.38. The van der Waals surface area contributed by atoms with Gasteiger partial charge < -0.3 is 14.6 Å². The van der Waals surface area contributed by atoms with Gasteiger partial charge in [-0.15, -0.1) is 0 Å². The van der Waals surface area contributed by atoms with Crippen molar-refractivity contribution in [3.63, 3.8) is 0 Å². The Kier molecular flexibility index (Phi) is 4.38. The van der Waals surface area contributed by atoms with Crippen molar-refractivity contribution in [1.29, 1.82) is 0 Å². The average Bonchev–Trinajstić information content (AvgIpc) is 2.18. The fraction of sp³-hybridized carbons (Fsp3) is 0.400. The normalized spacial score (nSPS) is 10.3. The molecular weight excluding hydrogens is 248 g/mol. The van der Waals surface area contributed by atoms with Crippen LogP contribution in [0.25, 0.3) is 0 Å². The highest BCUT2D eigenvalue weighted by atomic mass is 79.9. The molecule has 0 aliphatic heterocycles. The molecule has 0 atom stereocenters. The summed E-state index contributed by atoms with van der Waals surface area (Å²) in [6, 6.07) is 3.75. The van der Waals surface area contributed by atoms with E-state index in [1.807, 2.05) is 19.1 Å². The van der Waals surface area contributed by atoms with Crippen molar-refractivity contribution < 1.29 is 14.6 Å². The van der Waals surface area contributed by atoms with Crippen LogP contribution in [0.4, 0.5) is 0 Å². The van der Waals surface area contributed by atoms with Crippen LogP contribution in [-0.2, 0) is 11.3 Å². The summed E-state index contributed by atoms with van der Waals surface area (Å²) < 4.78 is 10.9. The van der Waals surface area contributed by atoms with Gasteiger partial charge >= 0.3 is 0 Å². The smallest absolute Gasteiger partial charge is 0.188 e. The van der Waals surface area contributed by atoms with Crippen molar-refractivity contribution >= 4 is 15.9 Å². The number of ether oxygens (including phenoxy) is 2. The highest BCUT2D eigenvalue weighted by Crippen LogP contribution is 2.30. The Bertz CT molecular complexity index is 312. The monoisotopic (exact) mass is 260 g/mol. The molecule has 3 nitrogen and oxygen atoms in total. The first-order chi connectivity index (χ1) is 6.70. The van der Waals surface area contributed by atoms with Gasteiger partial charge in [-0.05, 0) is 40.0 Å². The summed E-state index contributed by atoms with van der Waals surface area (Å²) in [5.41, 5.74) is 1.88. The van der Waals surface area contributed by atoms with E-state index in [0.29, 0.717) is 5.75 Å². The number of hydrogen-bond acceptors (Lipinski definition) is 3. The Labute approximate surface area is 91.8 Å². The number of hydrogen-bond donors (Lipinski definition) is 1. The van der Waals surface area contributed by atoms with Crippen LogP contribution in [0, 0.1) is 6.92 Å². The number of methoxy groups -OCH3 is 1. The van der Waals surface area contributed by atoms with E-state index < -0.39 is 0 Å². The second kappa shape index (κ2) is 5.34. The first-order valence-electron chi connectivity index (χ1n) is 4.21. The first-order valence-corrected chi connectivity index (χ1v) is 5.00. The van der Waals surface area contributed by atoms with Crippen LogP contribution < -0.4 is 4.74 Å². The molecule has 0 heterocycles. The zero-order valence-electron chi connectivity index (χ0n) is 8.21. The maximum Gasteiger partial charge on any atom is 0.188 e. The van der Waals surface area contributed by atoms with Crippen molar-refractivity contribution in [3.8, 4) is 5.75 Å². The summed E-state index contributed by atoms with van der Waals surface area (Å²) in [5, 5.41) is 9.13. The summed E-state index contributed by atoms with van der Waals surface area (Å²) in [7, 11) is 1.56. The SMILES string of the molecule is COCOc1ccc(C)c(CO)c1Br. The lowest BCUT2D eigenvalue weighted by atomic mass is 10.1. The molecule has 1 N–H and O–H groups in total. The molecule has 0 bridgehead atoms. The minimum absolute atomic E-state index is 0.00337. The van der Waals surface area contributed by atoms with Crippen LogP contribution in [0.1, 0.15) is 11.1 Å². The maximum absolute atomic E-state index is 9.13. The third-order valence-corrected chi connectivity index (χ3v) is 2.80. The molecule has 0 aliphatic rings. The number of rotatable bonds is 4. The minimum atomic E-state index is -0.00337.